The molecule has 132 valence electrons. The molecule has 0 aliphatic heterocycles. The first-order valence-corrected chi connectivity index (χ1v) is 9.82. The second-order valence-electron chi connectivity index (χ2n) is 4.24. The highest BCUT2D eigenvalue weighted by molar-refractivity contribution is 7.86. The van der Waals surface area contributed by atoms with Gasteiger partial charge in [-0.15, -0.1) is 0 Å². The van der Waals surface area contributed by atoms with Gasteiger partial charge in [0.25, 0.3) is 10.1 Å². The van der Waals surface area contributed by atoms with Crippen LogP contribution in [0.2, 0.25) is 0 Å². The van der Waals surface area contributed by atoms with Gasteiger partial charge in [0.15, 0.2) is 11.5 Å². The van der Waals surface area contributed by atoms with Crippen molar-refractivity contribution in [2.75, 3.05) is 0 Å². The van der Waals surface area contributed by atoms with Gasteiger partial charge in [-0.3, -0.25) is 13.7 Å². The van der Waals surface area contributed by atoms with Crippen LogP contribution in [-0.2, 0) is 30.9 Å². The summed E-state index contributed by atoms with van der Waals surface area (Å²) in [5, 5.41) is -0.606. The lowest BCUT2D eigenvalue weighted by Gasteiger charge is -2.13. The SMILES string of the molecule is O=S(=O)(O)Oc1cc(S(=O)(=O)O)c2ccccc2c1OS(=O)(=O)O. The maximum atomic E-state index is 11.4. The van der Waals surface area contributed by atoms with Crippen LogP contribution in [0.3, 0.4) is 0 Å². The van der Waals surface area contributed by atoms with E-state index >= 15 is 0 Å². The van der Waals surface area contributed by atoms with Crippen molar-refractivity contribution in [1.82, 2.24) is 0 Å². The average Bonchev–Trinajstić information content (AvgIpc) is 2.37. The molecule has 2 rings (SSSR count). The van der Waals surface area contributed by atoms with Crippen LogP contribution in [0.15, 0.2) is 35.2 Å². The monoisotopic (exact) mass is 400 g/mol. The summed E-state index contributed by atoms with van der Waals surface area (Å²) in [5.74, 6) is -2.01. The third-order valence-corrected chi connectivity index (χ3v) is 4.25. The molecule has 14 heteroatoms. The maximum Gasteiger partial charge on any atom is 0.446 e. The molecule has 0 saturated heterocycles. The minimum Gasteiger partial charge on any atom is -0.358 e. The number of hydrogen-bond acceptors (Lipinski definition) is 8. The fraction of sp³-hybridized carbons (Fsp3) is 0. The Bertz CT molecular complexity index is 1110. The van der Waals surface area contributed by atoms with Gasteiger partial charge < -0.3 is 8.37 Å². The summed E-state index contributed by atoms with van der Waals surface area (Å²) in [6, 6.07) is 5.28. The molecule has 11 nitrogen and oxygen atoms in total. The summed E-state index contributed by atoms with van der Waals surface area (Å²) < 4.78 is 102. The van der Waals surface area contributed by atoms with Crippen molar-refractivity contribution >= 4 is 41.7 Å². The highest BCUT2D eigenvalue weighted by Crippen LogP contribution is 2.40. The lowest BCUT2D eigenvalue weighted by atomic mass is 10.1. The first-order chi connectivity index (χ1) is 10.8. The van der Waals surface area contributed by atoms with Gasteiger partial charge in [-0.2, -0.15) is 25.3 Å². The Hall–Kier alpha value is -1.97. The van der Waals surface area contributed by atoms with E-state index in [1.165, 1.54) is 12.1 Å². The Balaban J connectivity index is 2.98. The summed E-state index contributed by atoms with van der Waals surface area (Å²) in [6.45, 7) is 0. The zero-order valence-electron chi connectivity index (χ0n) is 11.2. The van der Waals surface area contributed by atoms with Crippen molar-refractivity contribution in [1.29, 1.82) is 0 Å². The van der Waals surface area contributed by atoms with Crippen LogP contribution >= 0.6 is 0 Å². The van der Waals surface area contributed by atoms with Gasteiger partial charge >= 0.3 is 20.8 Å². The van der Waals surface area contributed by atoms with Crippen LogP contribution < -0.4 is 8.37 Å². The van der Waals surface area contributed by atoms with Gasteiger partial charge in [0.1, 0.15) is 4.90 Å². The Morgan fingerprint density at radius 1 is 0.750 bits per heavy atom. The minimum atomic E-state index is -5.22. The first kappa shape index (κ1) is 18.4. The van der Waals surface area contributed by atoms with Crippen LogP contribution in [0.4, 0.5) is 0 Å². The topological polar surface area (TPSA) is 182 Å². The predicted octanol–water partition coefficient (Wildman–Crippen LogP) is 0.450. The molecule has 24 heavy (non-hydrogen) atoms. The standard InChI is InChI=1S/C10H8O11S3/c11-22(12,13)9-5-8(20-23(14,15)16)10(21-24(17,18)19)7-4-2-1-3-6(7)9/h1-5H,(H,11,12,13)(H,14,15,16)(H,17,18,19). The molecular weight excluding hydrogens is 392 g/mol. The van der Waals surface area contributed by atoms with Crippen LogP contribution in [0.1, 0.15) is 0 Å². The Morgan fingerprint density at radius 3 is 1.71 bits per heavy atom. The molecule has 0 saturated carbocycles. The van der Waals surface area contributed by atoms with Crippen molar-refractivity contribution in [3.63, 3.8) is 0 Å². The van der Waals surface area contributed by atoms with Crippen molar-refractivity contribution in [2.45, 2.75) is 4.90 Å². The molecule has 2 aromatic rings. The third kappa shape index (κ3) is 4.31. The molecule has 2 aromatic carbocycles. The molecule has 0 radical (unpaired) electrons. The predicted molar refractivity (Wildman–Crippen MR) is 78.1 cm³/mol. The molecule has 0 aliphatic carbocycles. The maximum absolute atomic E-state index is 11.4. The van der Waals surface area contributed by atoms with Gasteiger partial charge in [0, 0.05) is 16.8 Å². The zero-order valence-corrected chi connectivity index (χ0v) is 13.7. The molecule has 0 aliphatic rings. The fourth-order valence-corrected chi connectivity index (χ4v) is 3.32. The van der Waals surface area contributed by atoms with Crippen molar-refractivity contribution in [3.8, 4) is 11.5 Å². The molecule has 0 unspecified atom stereocenters. The van der Waals surface area contributed by atoms with E-state index in [2.05, 4.69) is 8.37 Å². The van der Waals surface area contributed by atoms with Crippen LogP contribution in [-0.4, -0.2) is 38.9 Å². The molecule has 0 amide bonds. The minimum absolute atomic E-state index is 0.263. The highest BCUT2D eigenvalue weighted by Gasteiger charge is 2.26. The van der Waals surface area contributed by atoms with Crippen molar-refractivity contribution in [2.24, 2.45) is 0 Å². The molecule has 3 N–H and O–H groups in total. The van der Waals surface area contributed by atoms with Crippen molar-refractivity contribution in [3.05, 3.63) is 30.3 Å². The van der Waals surface area contributed by atoms with E-state index in [1.54, 1.807) is 0 Å². The van der Waals surface area contributed by atoms with Crippen LogP contribution in [0.25, 0.3) is 10.8 Å². The van der Waals surface area contributed by atoms with Gasteiger partial charge in [0.05, 0.1) is 0 Å². The van der Waals surface area contributed by atoms with E-state index in [1.807, 2.05) is 0 Å². The summed E-state index contributed by atoms with van der Waals surface area (Å²) in [5.41, 5.74) is 0. The van der Waals surface area contributed by atoms with Gasteiger partial charge in [-0.25, -0.2) is 0 Å². The number of fused-ring (bicyclic) bond motifs is 1. The Morgan fingerprint density at radius 2 is 1.25 bits per heavy atom. The van der Waals surface area contributed by atoms with Gasteiger partial charge in [-0.1, -0.05) is 24.3 Å². The summed E-state index contributed by atoms with van der Waals surface area (Å²) in [4.78, 5) is -0.848. The van der Waals surface area contributed by atoms with Gasteiger partial charge in [0.2, 0.25) is 0 Å². The van der Waals surface area contributed by atoms with Gasteiger partial charge in [-0.05, 0) is 0 Å². The van der Waals surface area contributed by atoms with E-state index in [4.69, 9.17) is 9.11 Å². The summed E-state index contributed by atoms with van der Waals surface area (Å²) in [7, 11) is -15.3. The summed E-state index contributed by atoms with van der Waals surface area (Å²) in [6.07, 6.45) is 0. The molecule has 0 bridgehead atoms. The lowest BCUT2D eigenvalue weighted by Crippen LogP contribution is -2.13. The van der Waals surface area contributed by atoms with E-state index in [-0.39, 0.29) is 10.8 Å². The fourth-order valence-electron chi connectivity index (χ4n) is 1.87. The molecular formula is C10H8O11S3. The van der Waals surface area contributed by atoms with Crippen LogP contribution in [0.5, 0.6) is 11.5 Å². The molecule has 0 fully saturated rings. The number of rotatable bonds is 5. The molecule has 0 aromatic heterocycles. The molecule has 0 heterocycles. The van der Waals surface area contributed by atoms with E-state index in [0.717, 1.165) is 12.1 Å². The van der Waals surface area contributed by atoms with E-state index in [9.17, 15) is 29.8 Å². The van der Waals surface area contributed by atoms with Crippen LogP contribution in [0, 0.1) is 0 Å². The number of benzene rings is 2. The summed E-state index contributed by atoms with van der Waals surface area (Å²) >= 11 is 0. The van der Waals surface area contributed by atoms with Crippen molar-refractivity contribution < 1.29 is 47.3 Å². The molecule has 0 spiro atoms. The second-order valence-corrected chi connectivity index (χ2v) is 7.68. The van der Waals surface area contributed by atoms with E-state index < -0.39 is 47.3 Å². The third-order valence-electron chi connectivity index (χ3n) is 2.58. The highest BCUT2D eigenvalue weighted by atomic mass is 32.3. The first-order valence-electron chi connectivity index (χ1n) is 5.65. The Kier molecular flexibility index (Phi) is 4.47. The Labute approximate surface area is 136 Å². The largest absolute Gasteiger partial charge is 0.446 e. The molecule has 0 atom stereocenters. The smallest absolute Gasteiger partial charge is 0.358 e. The normalized spacial score (nSPS) is 13.0. The van der Waals surface area contributed by atoms with E-state index in [0.29, 0.717) is 6.07 Å². The second kappa shape index (κ2) is 5.83. The quantitative estimate of drug-likeness (QED) is 0.592. The lowest BCUT2D eigenvalue weighted by molar-refractivity contribution is 0.362. The zero-order chi connectivity index (χ0) is 18.3. The average molecular weight is 400 g/mol. The number of hydrogen-bond donors (Lipinski definition) is 3.